The molecule has 1 aliphatic heterocycles. The van der Waals surface area contributed by atoms with E-state index in [1.165, 1.54) is 67.2 Å². The zero-order valence-electron chi connectivity index (χ0n) is 16.2. The van der Waals surface area contributed by atoms with Crippen molar-refractivity contribution >= 4 is 27.4 Å². The molecule has 3 heterocycles. The second-order valence-electron chi connectivity index (χ2n) is 8.61. The molecular weight excluding hydrogens is 356 g/mol. The van der Waals surface area contributed by atoms with E-state index in [1.807, 2.05) is 11.3 Å². The highest BCUT2D eigenvalue weighted by molar-refractivity contribution is 7.19. The summed E-state index contributed by atoms with van der Waals surface area (Å²) in [6.45, 7) is 1.86. The summed E-state index contributed by atoms with van der Waals surface area (Å²) < 4.78 is 5.57. The molecule has 1 saturated carbocycles. The fourth-order valence-electron chi connectivity index (χ4n) is 5.83. The minimum atomic E-state index is 0.646. The first-order valence-electron chi connectivity index (χ1n) is 10.5. The average molecular weight is 387 g/mol. The quantitative estimate of drug-likeness (QED) is 0.865. The van der Waals surface area contributed by atoms with Crippen LogP contribution in [0.2, 0.25) is 0 Å². The van der Waals surface area contributed by atoms with Gasteiger partial charge in [0.2, 0.25) is 0 Å². The minimum absolute atomic E-state index is 0.646. The van der Waals surface area contributed by atoms with Crippen LogP contribution < -0.4 is 5.73 Å². The summed E-state index contributed by atoms with van der Waals surface area (Å²) >= 11 is 1.84. The maximum Gasteiger partial charge on any atom is 0.135 e. The molecule has 0 amide bonds. The van der Waals surface area contributed by atoms with E-state index in [4.69, 9.17) is 10.5 Å². The van der Waals surface area contributed by atoms with Crippen LogP contribution in [0, 0.1) is 5.92 Å². The second-order valence-corrected chi connectivity index (χ2v) is 9.70. The molecule has 2 fully saturated rings. The standard InChI is InChI=1S/C21H30N4OS/c1-25(14-7-9-26-10-8-14)15-4-2-3-13(11-15)16-5-6-17-18(16)19-20(22)23-12-24-21(19)27-17/h12-16H,2-11H2,1H3,(H2,22,23,24)/t13?,15-,16?/m0/s1. The third-order valence-corrected chi connectivity index (χ3v) is 8.46. The van der Waals surface area contributed by atoms with Crippen molar-refractivity contribution in [1.29, 1.82) is 0 Å². The number of nitrogen functional groups attached to an aromatic ring is 1. The zero-order chi connectivity index (χ0) is 18.4. The van der Waals surface area contributed by atoms with Gasteiger partial charge in [-0.05, 0) is 69.4 Å². The molecule has 2 aromatic heterocycles. The number of ether oxygens (including phenoxy) is 1. The van der Waals surface area contributed by atoms with Gasteiger partial charge in [-0.25, -0.2) is 9.97 Å². The van der Waals surface area contributed by atoms with Crippen LogP contribution in [0.4, 0.5) is 5.82 Å². The van der Waals surface area contributed by atoms with Gasteiger partial charge in [0.15, 0.2) is 0 Å². The molecule has 0 spiro atoms. The number of hydrogen-bond acceptors (Lipinski definition) is 6. The number of nitrogens with two attached hydrogens (primary N) is 1. The highest BCUT2D eigenvalue weighted by atomic mass is 32.1. The van der Waals surface area contributed by atoms with Crippen molar-refractivity contribution in [3.05, 3.63) is 16.8 Å². The van der Waals surface area contributed by atoms with Gasteiger partial charge in [0.1, 0.15) is 17.0 Å². The zero-order valence-corrected chi connectivity index (χ0v) is 17.0. The summed E-state index contributed by atoms with van der Waals surface area (Å²) in [5.41, 5.74) is 7.78. The van der Waals surface area contributed by atoms with Crippen LogP contribution in [0.5, 0.6) is 0 Å². The molecule has 1 saturated heterocycles. The maximum atomic E-state index is 6.27. The number of aromatic nitrogens is 2. The molecule has 5 rings (SSSR count). The van der Waals surface area contributed by atoms with Crippen LogP contribution in [-0.4, -0.2) is 47.2 Å². The van der Waals surface area contributed by atoms with E-state index in [2.05, 4.69) is 21.9 Å². The molecule has 2 aromatic rings. The monoisotopic (exact) mass is 386 g/mol. The average Bonchev–Trinajstić information content (AvgIpc) is 3.28. The van der Waals surface area contributed by atoms with Gasteiger partial charge in [0, 0.05) is 30.2 Å². The molecular formula is C21H30N4OS. The molecule has 3 aliphatic rings. The van der Waals surface area contributed by atoms with E-state index >= 15 is 0 Å². The molecule has 5 nitrogen and oxygen atoms in total. The van der Waals surface area contributed by atoms with E-state index in [-0.39, 0.29) is 0 Å². The number of aryl methyl sites for hydroxylation is 1. The lowest BCUT2D eigenvalue weighted by Gasteiger charge is -2.42. The van der Waals surface area contributed by atoms with Gasteiger partial charge in [0.05, 0.1) is 5.39 Å². The molecule has 2 unspecified atom stereocenters. The summed E-state index contributed by atoms with van der Waals surface area (Å²) in [6, 6.07) is 1.42. The first-order chi connectivity index (χ1) is 13.2. The van der Waals surface area contributed by atoms with E-state index in [1.54, 1.807) is 6.33 Å². The van der Waals surface area contributed by atoms with Gasteiger partial charge >= 0.3 is 0 Å². The fourth-order valence-corrected chi connectivity index (χ4v) is 7.06. The maximum absolute atomic E-state index is 6.27. The van der Waals surface area contributed by atoms with Gasteiger partial charge < -0.3 is 15.4 Å². The van der Waals surface area contributed by atoms with E-state index in [9.17, 15) is 0 Å². The molecule has 0 aromatic carbocycles. The molecule has 146 valence electrons. The number of rotatable bonds is 3. The van der Waals surface area contributed by atoms with Gasteiger partial charge in [-0.1, -0.05) is 6.42 Å². The summed E-state index contributed by atoms with van der Waals surface area (Å²) in [4.78, 5) is 14.1. The highest BCUT2D eigenvalue weighted by Crippen LogP contribution is 2.51. The predicted octanol–water partition coefficient (Wildman–Crippen LogP) is 3.97. The van der Waals surface area contributed by atoms with Gasteiger partial charge in [-0.15, -0.1) is 11.3 Å². The predicted molar refractivity (Wildman–Crippen MR) is 110 cm³/mol. The van der Waals surface area contributed by atoms with Crippen molar-refractivity contribution in [1.82, 2.24) is 14.9 Å². The lowest BCUT2D eigenvalue weighted by Crippen LogP contribution is -2.45. The molecule has 27 heavy (non-hydrogen) atoms. The molecule has 6 heteroatoms. The number of nitrogens with zero attached hydrogens (tertiary/aromatic N) is 3. The number of thiophene rings is 1. The lowest BCUT2D eigenvalue weighted by atomic mass is 9.75. The Kier molecular flexibility index (Phi) is 4.82. The first kappa shape index (κ1) is 17.8. The molecule has 0 bridgehead atoms. The summed E-state index contributed by atoms with van der Waals surface area (Å²) in [6.07, 6.45) is 11.8. The van der Waals surface area contributed by atoms with Gasteiger partial charge in [-0.3, -0.25) is 0 Å². The number of anilines is 1. The summed E-state index contributed by atoms with van der Waals surface area (Å²) in [5.74, 6) is 2.09. The largest absolute Gasteiger partial charge is 0.383 e. The third kappa shape index (κ3) is 3.15. The number of hydrogen-bond donors (Lipinski definition) is 1. The topological polar surface area (TPSA) is 64.3 Å². The minimum Gasteiger partial charge on any atom is -0.383 e. The van der Waals surface area contributed by atoms with Crippen molar-refractivity contribution in [3.63, 3.8) is 0 Å². The molecule has 2 aliphatic carbocycles. The van der Waals surface area contributed by atoms with Crippen molar-refractivity contribution in [3.8, 4) is 0 Å². The van der Waals surface area contributed by atoms with E-state index in [0.717, 1.165) is 30.0 Å². The lowest BCUT2D eigenvalue weighted by molar-refractivity contribution is 0.0157. The van der Waals surface area contributed by atoms with Crippen LogP contribution in [0.3, 0.4) is 0 Å². The molecule has 2 N–H and O–H groups in total. The van der Waals surface area contributed by atoms with Crippen molar-refractivity contribution in [2.45, 2.75) is 69.4 Å². The molecule has 3 atom stereocenters. The van der Waals surface area contributed by atoms with Crippen molar-refractivity contribution < 1.29 is 4.74 Å². The van der Waals surface area contributed by atoms with E-state index < -0.39 is 0 Å². The smallest absolute Gasteiger partial charge is 0.135 e. The Morgan fingerprint density at radius 3 is 2.81 bits per heavy atom. The van der Waals surface area contributed by atoms with Crippen molar-refractivity contribution in [2.24, 2.45) is 5.92 Å². The summed E-state index contributed by atoms with van der Waals surface area (Å²) in [5, 5.41) is 1.17. The third-order valence-electron chi connectivity index (χ3n) is 7.28. The Morgan fingerprint density at radius 2 is 1.96 bits per heavy atom. The van der Waals surface area contributed by atoms with Crippen LogP contribution in [-0.2, 0) is 11.2 Å². The fraction of sp³-hybridized carbons (Fsp3) is 0.714. The van der Waals surface area contributed by atoms with Crippen molar-refractivity contribution in [2.75, 3.05) is 26.0 Å². The Hall–Kier alpha value is -1.24. The highest BCUT2D eigenvalue weighted by Gasteiger charge is 2.38. The van der Waals surface area contributed by atoms with E-state index in [0.29, 0.717) is 17.8 Å². The Morgan fingerprint density at radius 1 is 1.11 bits per heavy atom. The second kappa shape index (κ2) is 7.30. The normalized spacial score (nSPS) is 29.5. The number of fused-ring (bicyclic) bond motifs is 3. The summed E-state index contributed by atoms with van der Waals surface area (Å²) in [7, 11) is 2.36. The van der Waals surface area contributed by atoms with Gasteiger partial charge in [-0.2, -0.15) is 0 Å². The van der Waals surface area contributed by atoms with Gasteiger partial charge in [0.25, 0.3) is 0 Å². The Balaban J connectivity index is 1.38. The van der Waals surface area contributed by atoms with Crippen LogP contribution in [0.25, 0.3) is 10.2 Å². The van der Waals surface area contributed by atoms with Crippen LogP contribution in [0.1, 0.15) is 61.3 Å². The Bertz CT molecular complexity index is 816. The molecule has 0 radical (unpaired) electrons. The first-order valence-corrected chi connectivity index (χ1v) is 11.4. The van der Waals surface area contributed by atoms with Crippen LogP contribution in [0.15, 0.2) is 6.33 Å². The van der Waals surface area contributed by atoms with Crippen LogP contribution >= 0.6 is 11.3 Å². The Labute approximate surface area is 165 Å². The SMILES string of the molecule is CN(C1CCOCC1)[C@H]1CCCC(C2CCc3sc4ncnc(N)c4c32)C1.